The van der Waals surface area contributed by atoms with E-state index in [4.69, 9.17) is 0 Å². The van der Waals surface area contributed by atoms with Crippen molar-refractivity contribution in [1.82, 2.24) is 5.32 Å². The van der Waals surface area contributed by atoms with Crippen molar-refractivity contribution in [2.75, 3.05) is 24.3 Å². The SMILES string of the molecule is CCNC1CCCCCCC1SCCS(C)(=O)=O. The Kier molecular flexibility index (Phi) is 7.64. The average Bonchev–Trinajstić information content (AvgIpc) is 2.25. The van der Waals surface area contributed by atoms with E-state index >= 15 is 0 Å². The number of thioether (sulfide) groups is 1. The lowest BCUT2D eigenvalue weighted by atomic mass is 9.96. The summed E-state index contributed by atoms with van der Waals surface area (Å²) in [6.07, 6.45) is 9.08. The Morgan fingerprint density at radius 2 is 1.83 bits per heavy atom. The Bertz CT molecular complexity index is 317. The molecular formula is C13H27NO2S2. The van der Waals surface area contributed by atoms with Crippen LogP contribution in [0.1, 0.15) is 45.4 Å². The van der Waals surface area contributed by atoms with Gasteiger partial charge in [0, 0.05) is 23.3 Å². The Morgan fingerprint density at radius 1 is 1.17 bits per heavy atom. The van der Waals surface area contributed by atoms with Gasteiger partial charge >= 0.3 is 0 Å². The Hall–Kier alpha value is 0.260. The van der Waals surface area contributed by atoms with Crippen LogP contribution in [0.4, 0.5) is 0 Å². The van der Waals surface area contributed by atoms with Gasteiger partial charge in [-0.15, -0.1) is 0 Å². The van der Waals surface area contributed by atoms with Gasteiger partial charge in [0.1, 0.15) is 9.84 Å². The zero-order chi connectivity index (χ0) is 13.4. The molecule has 5 heteroatoms. The third-order valence-corrected chi connectivity index (χ3v) is 6.09. The highest BCUT2D eigenvalue weighted by Gasteiger charge is 2.22. The summed E-state index contributed by atoms with van der Waals surface area (Å²) in [5.41, 5.74) is 0. The monoisotopic (exact) mass is 293 g/mol. The third kappa shape index (κ3) is 7.00. The van der Waals surface area contributed by atoms with Crippen LogP contribution in [0.25, 0.3) is 0 Å². The van der Waals surface area contributed by atoms with E-state index in [1.165, 1.54) is 44.8 Å². The summed E-state index contributed by atoms with van der Waals surface area (Å²) in [7, 11) is -2.81. The van der Waals surface area contributed by atoms with Crippen LogP contribution < -0.4 is 5.32 Å². The fraction of sp³-hybridized carbons (Fsp3) is 1.00. The van der Waals surface area contributed by atoms with Gasteiger partial charge in [-0.2, -0.15) is 11.8 Å². The maximum atomic E-state index is 11.2. The third-order valence-electron chi connectivity index (χ3n) is 3.45. The predicted octanol–water partition coefficient (Wildman–Crippen LogP) is 2.47. The molecule has 0 amide bonds. The van der Waals surface area contributed by atoms with Gasteiger partial charge in [0.05, 0.1) is 5.75 Å². The molecule has 0 heterocycles. The van der Waals surface area contributed by atoms with Crippen LogP contribution in [0.5, 0.6) is 0 Å². The molecule has 1 aliphatic rings. The summed E-state index contributed by atoms with van der Waals surface area (Å²) in [5.74, 6) is 1.05. The molecule has 0 saturated heterocycles. The van der Waals surface area contributed by atoms with Gasteiger partial charge in [0.15, 0.2) is 0 Å². The molecule has 0 radical (unpaired) electrons. The van der Waals surface area contributed by atoms with Gasteiger partial charge in [-0.05, 0) is 19.4 Å². The van der Waals surface area contributed by atoms with Crippen molar-refractivity contribution in [2.24, 2.45) is 0 Å². The van der Waals surface area contributed by atoms with Crippen LogP contribution in [0, 0.1) is 0 Å². The van der Waals surface area contributed by atoms with E-state index in [-0.39, 0.29) is 0 Å². The van der Waals surface area contributed by atoms with Crippen molar-refractivity contribution in [3.63, 3.8) is 0 Å². The van der Waals surface area contributed by atoms with Crippen molar-refractivity contribution in [1.29, 1.82) is 0 Å². The molecule has 0 aromatic heterocycles. The number of rotatable bonds is 6. The highest BCUT2D eigenvalue weighted by molar-refractivity contribution is 8.01. The lowest BCUT2D eigenvalue weighted by Gasteiger charge is -2.29. The minimum atomic E-state index is -2.81. The normalized spacial score (nSPS) is 26.6. The van der Waals surface area contributed by atoms with Gasteiger partial charge in [-0.25, -0.2) is 8.42 Å². The molecule has 0 aliphatic heterocycles. The standard InChI is InChI=1S/C13H27NO2S2/c1-3-14-12-8-6-4-5-7-9-13(12)17-10-11-18(2,15)16/h12-14H,3-11H2,1-2H3. The quantitative estimate of drug-likeness (QED) is 0.817. The summed E-state index contributed by atoms with van der Waals surface area (Å²) in [5, 5.41) is 4.17. The Morgan fingerprint density at radius 3 is 2.44 bits per heavy atom. The van der Waals surface area contributed by atoms with E-state index in [1.54, 1.807) is 0 Å². The second-order valence-electron chi connectivity index (χ2n) is 5.19. The molecule has 0 aromatic carbocycles. The highest BCUT2D eigenvalue weighted by atomic mass is 32.2. The van der Waals surface area contributed by atoms with Gasteiger partial charge in [0.2, 0.25) is 0 Å². The van der Waals surface area contributed by atoms with Crippen molar-refractivity contribution < 1.29 is 8.42 Å². The minimum absolute atomic E-state index is 0.313. The molecule has 0 spiro atoms. The topological polar surface area (TPSA) is 46.2 Å². The van der Waals surface area contributed by atoms with Crippen LogP contribution in [0.3, 0.4) is 0 Å². The van der Waals surface area contributed by atoms with Crippen molar-refractivity contribution in [3.05, 3.63) is 0 Å². The molecule has 3 nitrogen and oxygen atoms in total. The molecule has 108 valence electrons. The minimum Gasteiger partial charge on any atom is -0.313 e. The number of hydrogen-bond acceptors (Lipinski definition) is 4. The molecule has 18 heavy (non-hydrogen) atoms. The van der Waals surface area contributed by atoms with E-state index in [1.807, 2.05) is 11.8 Å². The molecular weight excluding hydrogens is 266 g/mol. The van der Waals surface area contributed by atoms with E-state index in [9.17, 15) is 8.42 Å². The van der Waals surface area contributed by atoms with Gasteiger partial charge in [-0.1, -0.05) is 32.6 Å². The molecule has 0 aromatic rings. The van der Waals surface area contributed by atoms with Gasteiger partial charge in [-0.3, -0.25) is 0 Å². The molecule has 1 fully saturated rings. The first-order valence-electron chi connectivity index (χ1n) is 7.05. The van der Waals surface area contributed by atoms with E-state index in [0.29, 0.717) is 17.0 Å². The van der Waals surface area contributed by atoms with Crippen LogP contribution in [-0.4, -0.2) is 44.0 Å². The number of hydrogen-bond donors (Lipinski definition) is 1. The summed E-state index contributed by atoms with van der Waals surface area (Å²) in [6, 6.07) is 0.569. The van der Waals surface area contributed by atoms with Crippen LogP contribution in [0.15, 0.2) is 0 Å². The zero-order valence-electron chi connectivity index (χ0n) is 11.7. The fourth-order valence-corrected chi connectivity index (χ4v) is 5.19. The van der Waals surface area contributed by atoms with Crippen molar-refractivity contribution in [2.45, 2.75) is 56.7 Å². The molecule has 1 saturated carbocycles. The van der Waals surface area contributed by atoms with Gasteiger partial charge < -0.3 is 5.32 Å². The summed E-state index contributed by atoms with van der Waals surface area (Å²) in [4.78, 5) is 0. The zero-order valence-corrected chi connectivity index (χ0v) is 13.3. The van der Waals surface area contributed by atoms with Crippen molar-refractivity contribution in [3.8, 4) is 0 Å². The fourth-order valence-electron chi connectivity index (χ4n) is 2.50. The molecule has 0 bridgehead atoms. The maximum absolute atomic E-state index is 11.2. The molecule has 1 N–H and O–H groups in total. The first kappa shape index (κ1) is 16.3. The maximum Gasteiger partial charge on any atom is 0.148 e. The van der Waals surface area contributed by atoms with E-state index in [2.05, 4.69) is 12.2 Å². The molecule has 2 atom stereocenters. The van der Waals surface area contributed by atoms with Crippen LogP contribution >= 0.6 is 11.8 Å². The Labute approximate surface area is 116 Å². The highest BCUT2D eigenvalue weighted by Crippen LogP contribution is 2.27. The predicted molar refractivity (Wildman–Crippen MR) is 81.1 cm³/mol. The van der Waals surface area contributed by atoms with E-state index < -0.39 is 9.84 Å². The first-order chi connectivity index (χ1) is 8.53. The largest absolute Gasteiger partial charge is 0.313 e. The summed E-state index contributed by atoms with van der Waals surface area (Å²) in [6.45, 7) is 3.16. The summed E-state index contributed by atoms with van der Waals surface area (Å²) >= 11 is 1.85. The lowest BCUT2D eigenvalue weighted by Crippen LogP contribution is -2.39. The molecule has 2 unspecified atom stereocenters. The smallest absolute Gasteiger partial charge is 0.148 e. The molecule has 1 aliphatic carbocycles. The summed E-state index contributed by atoms with van der Waals surface area (Å²) < 4.78 is 22.3. The number of nitrogens with one attached hydrogen (secondary N) is 1. The second kappa shape index (κ2) is 8.43. The molecule has 1 rings (SSSR count). The van der Waals surface area contributed by atoms with Crippen molar-refractivity contribution >= 4 is 21.6 Å². The van der Waals surface area contributed by atoms with Crippen LogP contribution in [0.2, 0.25) is 0 Å². The lowest BCUT2D eigenvalue weighted by molar-refractivity contribution is 0.406. The number of sulfone groups is 1. The average molecular weight is 293 g/mol. The Balaban J connectivity index is 2.44. The first-order valence-corrected chi connectivity index (χ1v) is 10.2. The van der Waals surface area contributed by atoms with Gasteiger partial charge in [0.25, 0.3) is 0 Å². The van der Waals surface area contributed by atoms with Crippen LogP contribution in [-0.2, 0) is 9.84 Å². The van der Waals surface area contributed by atoms with E-state index in [0.717, 1.165) is 12.3 Å². The second-order valence-corrected chi connectivity index (χ2v) is 8.80.